The zero-order valence-corrected chi connectivity index (χ0v) is 16.2. The highest BCUT2D eigenvalue weighted by atomic mass is 16.2. The van der Waals surface area contributed by atoms with Crippen molar-refractivity contribution < 1.29 is 9.59 Å². The Labute approximate surface area is 156 Å². The largest absolute Gasteiger partial charge is 0.356 e. The molecule has 142 valence electrons. The summed E-state index contributed by atoms with van der Waals surface area (Å²) in [5.74, 6) is 0.486. The van der Waals surface area contributed by atoms with Gasteiger partial charge in [0.2, 0.25) is 11.8 Å². The summed E-state index contributed by atoms with van der Waals surface area (Å²) >= 11 is 0. The summed E-state index contributed by atoms with van der Waals surface area (Å²) in [6.45, 7) is 9.49. The standard InChI is InChI=1S/C21H31N3O2/c1-14-9-15(2)20(16(3)10-14)24-13-18(11-19(24)25)21(26)23-8-6-17-5-4-7-22-12-17/h9-10,17-18,22H,4-8,11-13H2,1-3H3,(H,23,26). The van der Waals surface area contributed by atoms with E-state index < -0.39 is 0 Å². The number of anilines is 1. The highest BCUT2D eigenvalue weighted by Crippen LogP contribution is 2.31. The van der Waals surface area contributed by atoms with Crippen LogP contribution in [0.15, 0.2) is 12.1 Å². The molecule has 0 aromatic heterocycles. The second-order valence-electron chi connectivity index (χ2n) is 7.94. The number of hydrogen-bond acceptors (Lipinski definition) is 3. The quantitative estimate of drug-likeness (QED) is 0.851. The van der Waals surface area contributed by atoms with Gasteiger partial charge < -0.3 is 15.5 Å². The minimum absolute atomic E-state index is 0.0204. The first-order chi connectivity index (χ1) is 12.5. The lowest BCUT2D eigenvalue weighted by Gasteiger charge is -2.23. The molecule has 2 N–H and O–H groups in total. The second-order valence-corrected chi connectivity index (χ2v) is 7.94. The summed E-state index contributed by atoms with van der Waals surface area (Å²) in [6, 6.07) is 4.20. The van der Waals surface area contributed by atoms with Crippen molar-refractivity contribution in [2.75, 3.05) is 31.1 Å². The molecular formula is C21H31N3O2. The minimum atomic E-state index is -0.243. The van der Waals surface area contributed by atoms with Crippen LogP contribution in [0.5, 0.6) is 0 Å². The topological polar surface area (TPSA) is 61.4 Å². The number of piperidine rings is 1. The number of hydrogen-bond donors (Lipinski definition) is 2. The lowest BCUT2D eigenvalue weighted by atomic mass is 9.96. The maximum atomic E-state index is 12.5. The molecule has 2 saturated heterocycles. The van der Waals surface area contributed by atoms with Crippen LogP contribution in [0, 0.1) is 32.6 Å². The fourth-order valence-electron chi connectivity index (χ4n) is 4.41. The third-order valence-electron chi connectivity index (χ3n) is 5.65. The van der Waals surface area contributed by atoms with Gasteiger partial charge in [0.05, 0.1) is 5.92 Å². The van der Waals surface area contributed by atoms with Crippen LogP contribution in [0.4, 0.5) is 5.69 Å². The Kier molecular flexibility index (Phi) is 5.97. The molecule has 2 atom stereocenters. The number of carbonyl (C=O) groups excluding carboxylic acids is 2. The molecule has 2 fully saturated rings. The molecule has 1 aromatic rings. The fraction of sp³-hybridized carbons (Fsp3) is 0.619. The van der Waals surface area contributed by atoms with Crippen molar-refractivity contribution in [3.05, 3.63) is 28.8 Å². The lowest BCUT2D eigenvalue weighted by Crippen LogP contribution is -2.36. The van der Waals surface area contributed by atoms with Gasteiger partial charge in [0.15, 0.2) is 0 Å². The predicted molar refractivity (Wildman–Crippen MR) is 104 cm³/mol. The summed E-state index contributed by atoms with van der Waals surface area (Å²) in [6.07, 6.45) is 3.79. The van der Waals surface area contributed by atoms with Crippen LogP contribution >= 0.6 is 0 Å². The number of amides is 2. The minimum Gasteiger partial charge on any atom is -0.356 e. The summed E-state index contributed by atoms with van der Waals surface area (Å²) in [4.78, 5) is 26.9. The maximum Gasteiger partial charge on any atom is 0.227 e. The van der Waals surface area contributed by atoms with Crippen LogP contribution in [0.2, 0.25) is 0 Å². The molecule has 2 aliphatic heterocycles. The summed E-state index contributed by atoms with van der Waals surface area (Å²) in [5, 5.41) is 6.47. The highest BCUT2D eigenvalue weighted by molar-refractivity contribution is 6.01. The summed E-state index contributed by atoms with van der Waals surface area (Å²) in [5.41, 5.74) is 4.37. The third-order valence-corrected chi connectivity index (χ3v) is 5.65. The van der Waals surface area contributed by atoms with E-state index in [1.165, 1.54) is 18.4 Å². The van der Waals surface area contributed by atoms with Gasteiger partial charge in [0, 0.05) is 25.2 Å². The van der Waals surface area contributed by atoms with Crippen molar-refractivity contribution in [1.82, 2.24) is 10.6 Å². The maximum absolute atomic E-state index is 12.5. The molecule has 2 amide bonds. The molecule has 0 bridgehead atoms. The number of nitrogens with zero attached hydrogens (tertiary/aromatic N) is 1. The number of aryl methyl sites for hydroxylation is 3. The van der Waals surface area contributed by atoms with E-state index in [0.717, 1.165) is 36.3 Å². The van der Waals surface area contributed by atoms with E-state index in [0.29, 0.717) is 25.4 Å². The van der Waals surface area contributed by atoms with Crippen LogP contribution in [0.3, 0.4) is 0 Å². The zero-order valence-electron chi connectivity index (χ0n) is 16.2. The van der Waals surface area contributed by atoms with Gasteiger partial charge in [-0.15, -0.1) is 0 Å². The average Bonchev–Trinajstić information content (AvgIpc) is 2.97. The van der Waals surface area contributed by atoms with E-state index in [-0.39, 0.29) is 17.7 Å². The summed E-state index contributed by atoms with van der Waals surface area (Å²) < 4.78 is 0. The number of benzene rings is 1. The molecule has 2 aliphatic rings. The van der Waals surface area contributed by atoms with Crippen LogP contribution < -0.4 is 15.5 Å². The SMILES string of the molecule is Cc1cc(C)c(N2CC(C(=O)NCCC3CCCNC3)CC2=O)c(C)c1. The Balaban J connectivity index is 1.56. The molecule has 0 radical (unpaired) electrons. The van der Waals surface area contributed by atoms with Crippen molar-refractivity contribution in [2.45, 2.75) is 46.5 Å². The molecule has 0 spiro atoms. The molecule has 1 aromatic carbocycles. The van der Waals surface area contributed by atoms with Gasteiger partial charge in [-0.25, -0.2) is 0 Å². The van der Waals surface area contributed by atoms with Crippen molar-refractivity contribution in [3.8, 4) is 0 Å². The first kappa shape index (κ1) is 18.9. The van der Waals surface area contributed by atoms with Crippen molar-refractivity contribution in [3.63, 3.8) is 0 Å². The Morgan fingerprint density at radius 3 is 2.65 bits per heavy atom. The van der Waals surface area contributed by atoms with Gasteiger partial charge in [-0.3, -0.25) is 9.59 Å². The number of carbonyl (C=O) groups is 2. The Morgan fingerprint density at radius 1 is 1.27 bits per heavy atom. The first-order valence-corrected chi connectivity index (χ1v) is 9.82. The molecule has 5 heteroatoms. The highest BCUT2D eigenvalue weighted by Gasteiger charge is 2.36. The first-order valence-electron chi connectivity index (χ1n) is 9.82. The van der Waals surface area contributed by atoms with Gasteiger partial charge in [-0.05, 0) is 70.2 Å². The van der Waals surface area contributed by atoms with E-state index in [1.54, 1.807) is 4.90 Å². The molecule has 26 heavy (non-hydrogen) atoms. The van der Waals surface area contributed by atoms with E-state index >= 15 is 0 Å². The Morgan fingerprint density at radius 2 is 2.00 bits per heavy atom. The van der Waals surface area contributed by atoms with E-state index in [2.05, 4.69) is 29.7 Å². The smallest absolute Gasteiger partial charge is 0.227 e. The number of rotatable bonds is 5. The zero-order chi connectivity index (χ0) is 18.7. The molecule has 0 aliphatic carbocycles. The lowest BCUT2D eigenvalue weighted by molar-refractivity contribution is -0.126. The van der Waals surface area contributed by atoms with Crippen LogP contribution in [-0.2, 0) is 9.59 Å². The third kappa shape index (κ3) is 4.26. The summed E-state index contributed by atoms with van der Waals surface area (Å²) in [7, 11) is 0. The average molecular weight is 357 g/mol. The van der Waals surface area contributed by atoms with Crippen LogP contribution in [-0.4, -0.2) is 38.0 Å². The van der Waals surface area contributed by atoms with Gasteiger partial charge in [-0.2, -0.15) is 0 Å². The van der Waals surface area contributed by atoms with E-state index in [1.807, 2.05) is 13.8 Å². The van der Waals surface area contributed by atoms with Gasteiger partial charge >= 0.3 is 0 Å². The molecule has 5 nitrogen and oxygen atoms in total. The predicted octanol–water partition coefficient (Wildman–Crippen LogP) is 2.47. The molecule has 2 unspecified atom stereocenters. The molecule has 2 heterocycles. The monoisotopic (exact) mass is 357 g/mol. The second kappa shape index (κ2) is 8.21. The van der Waals surface area contributed by atoms with Crippen LogP contribution in [0.25, 0.3) is 0 Å². The van der Waals surface area contributed by atoms with Crippen molar-refractivity contribution >= 4 is 17.5 Å². The van der Waals surface area contributed by atoms with Crippen molar-refractivity contribution in [1.29, 1.82) is 0 Å². The van der Waals surface area contributed by atoms with Gasteiger partial charge in [-0.1, -0.05) is 17.7 Å². The van der Waals surface area contributed by atoms with E-state index in [4.69, 9.17) is 0 Å². The van der Waals surface area contributed by atoms with Crippen molar-refractivity contribution in [2.24, 2.45) is 11.8 Å². The van der Waals surface area contributed by atoms with Gasteiger partial charge in [0.1, 0.15) is 0 Å². The normalized spacial score (nSPS) is 23.3. The van der Waals surface area contributed by atoms with Crippen LogP contribution in [0.1, 0.15) is 42.4 Å². The fourth-order valence-corrected chi connectivity index (χ4v) is 4.41. The Bertz CT molecular complexity index is 657. The Hall–Kier alpha value is -1.88. The van der Waals surface area contributed by atoms with E-state index in [9.17, 15) is 9.59 Å². The molecular weight excluding hydrogens is 326 g/mol. The number of nitrogens with one attached hydrogen (secondary N) is 2. The molecule has 3 rings (SSSR count). The van der Waals surface area contributed by atoms with Gasteiger partial charge in [0.25, 0.3) is 0 Å². The molecule has 0 saturated carbocycles.